The topological polar surface area (TPSA) is 55.9 Å². The minimum absolute atomic E-state index is 0.242. The Labute approximate surface area is 190 Å². The van der Waals surface area contributed by atoms with Crippen molar-refractivity contribution >= 4 is 28.8 Å². The highest BCUT2D eigenvalue weighted by atomic mass is 16.2. The molecule has 4 rings (SSSR count). The number of nitrogens with one attached hydrogen (secondary N) is 1. The Bertz CT molecular complexity index is 1050. The van der Waals surface area contributed by atoms with Crippen LogP contribution in [-0.2, 0) is 9.59 Å². The second-order valence-corrected chi connectivity index (χ2v) is 8.50. The second-order valence-electron chi connectivity index (χ2n) is 8.50. The van der Waals surface area contributed by atoms with E-state index in [1.165, 1.54) is 10.6 Å². The Balaban J connectivity index is 1.60. The zero-order chi connectivity index (χ0) is 22.8. The van der Waals surface area contributed by atoms with Gasteiger partial charge in [0.1, 0.15) is 5.70 Å². The van der Waals surface area contributed by atoms with Gasteiger partial charge in [-0.2, -0.15) is 0 Å². The Morgan fingerprint density at radius 3 is 2.09 bits per heavy atom. The minimum Gasteiger partial charge on any atom is -0.369 e. The number of hydrogen-bond donors (Lipinski definition) is 1. The van der Waals surface area contributed by atoms with Crippen molar-refractivity contribution in [1.29, 1.82) is 0 Å². The normalized spacial score (nSPS) is 17.5. The van der Waals surface area contributed by atoms with Gasteiger partial charge in [-0.05, 0) is 68.3 Å². The summed E-state index contributed by atoms with van der Waals surface area (Å²) in [5.41, 5.74) is 5.80. The highest BCUT2D eigenvalue weighted by Crippen LogP contribution is 2.31. The first-order valence-electron chi connectivity index (χ1n) is 11.5. The average Bonchev–Trinajstić information content (AvgIpc) is 3.05. The van der Waals surface area contributed by atoms with Crippen LogP contribution in [0.4, 0.5) is 11.4 Å². The summed E-state index contributed by atoms with van der Waals surface area (Å²) in [5.74, 6) is -0.515. The molecule has 2 aliphatic heterocycles. The van der Waals surface area contributed by atoms with Crippen molar-refractivity contribution in [3.8, 4) is 0 Å². The van der Waals surface area contributed by atoms with Crippen LogP contribution in [0, 0.1) is 13.8 Å². The zero-order valence-corrected chi connectivity index (χ0v) is 19.4. The predicted octanol–water partition coefficient (Wildman–Crippen LogP) is 3.66. The number of anilines is 2. The lowest BCUT2D eigenvalue weighted by Crippen LogP contribution is -2.46. The lowest BCUT2D eigenvalue weighted by molar-refractivity contribution is -0.136. The lowest BCUT2D eigenvalue weighted by atomic mass is 9.99. The molecule has 2 aromatic rings. The summed E-state index contributed by atoms with van der Waals surface area (Å²) in [7, 11) is 0. The number of likely N-dealkylation sites (N-methyl/N-ethyl adjacent to an activating group) is 2. The molecule has 2 aliphatic rings. The van der Waals surface area contributed by atoms with Gasteiger partial charge >= 0.3 is 0 Å². The van der Waals surface area contributed by atoms with Crippen molar-refractivity contribution in [2.75, 3.05) is 49.5 Å². The first-order chi connectivity index (χ1) is 15.4. The highest BCUT2D eigenvalue weighted by Gasteiger charge is 2.38. The van der Waals surface area contributed by atoms with Crippen LogP contribution in [0.2, 0.25) is 0 Å². The highest BCUT2D eigenvalue weighted by molar-refractivity contribution is 6.36. The molecule has 168 valence electrons. The second kappa shape index (κ2) is 9.17. The molecule has 0 bridgehead atoms. The molecule has 32 heavy (non-hydrogen) atoms. The SMILES string of the molecule is CCN1CCN(c2ccc(NC3=C(c4ccc(C)c(C)c4)C(=O)N(CC)C3=O)cc2)CC1. The van der Waals surface area contributed by atoms with Gasteiger partial charge in [0.05, 0.1) is 5.57 Å². The summed E-state index contributed by atoms with van der Waals surface area (Å²) in [6.07, 6.45) is 0. The first kappa shape index (κ1) is 22.1. The molecule has 0 aromatic heterocycles. The van der Waals surface area contributed by atoms with Crippen LogP contribution >= 0.6 is 0 Å². The molecule has 0 saturated carbocycles. The van der Waals surface area contributed by atoms with E-state index >= 15 is 0 Å². The molecule has 6 heteroatoms. The fourth-order valence-electron chi connectivity index (χ4n) is 4.37. The van der Waals surface area contributed by atoms with E-state index in [0.29, 0.717) is 17.8 Å². The van der Waals surface area contributed by atoms with Gasteiger partial charge in [0.15, 0.2) is 0 Å². The zero-order valence-electron chi connectivity index (χ0n) is 19.4. The van der Waals surface area contributed by atoms with E-state index in [1.54, 1.807) is 0 Å². The van der Waals surface area contributed by atoms with Gasteiger partial charge in [-0.25, -0.2) is 0 Å². The van der Waals surface area contributed by atoms with Gasteiger partial charge in [0, 0.05) is 44.1 Å². The molecule has 0 unspecified atom stereocenters. The van der Waals surface area contributed by atoms with Crippen LogP contribution in [0.1, 0.15) is 30.5 Å². The molecular formula is C26H32N4O2. The molecule has 0 atom stereocenters. The minimum atomic E-state index is -0.273. The maximum absolute atomic E-state index is 13.1. The van der Waals surface area contributed by atoms with E-state index in [-0.39, 0.29) is 11.8 Å². The van der Waals surface area contributed by atoms with Crippen LogP contribution < -0.4 is 10.2 Å². The number of piperazine rings is 1. The summed E-state index contributed by atoms with van der Waals surface area (Å²) in [4.78, 5) is 32.2. The number of nitrogens with zero attached hydrogens (tertiary/aromatic N) is 3. The molecule has 0 spiro atoms. The van der Waals surface area contributed by atoms with Crippen molar-refractivity contribution in [3.05, 3.63) is 64.9 Å². The third-order valence-corrected chi connectivity index (χ3v) is 6.60. The molecule has 2 aromatic carbocycles. The summed E-state index contributed by atoms with van der Waals surface area (Å²) >= 11 is 0. The molecule has 2 heterocycles. The van der Waals surface area contributed by atoms with Crippen LogP contribution in [0.15, 0.2) is 48.2 Å². The number of aryl methyl sites for hydroxylation is 2. The molecular weight excluding hydrogens is 400 g/mol. The molecule has 1 fully saturated rings. The van der Waals surface area contributed by atoms with E-state index in [4.69, 9.17) is 0 Å². The molecule has 6 nitrogen and oxygen atoms in total. The van der Waals surface area contributed by atoms with Crippen molar-refractivity contribution in [3.63, 3.8) is 0 Å². The average molecular weight is 433 g/mol. The van der Waals surface area contributed by atoms with Gasteiger partial charge in [0.2, 0.25) is 0 Å². The Kier molecular flexibility index (Phi) is 6.33. The summed E-state index contributed by atoms with van der Waals surface area (Å²) in [5, 5.41) is 3.26. The third-order valence-electron chi connectivity index (χ3n) is 6.60. The van der Waals surface area contributed by atoms with E-state index in [2.05, 4.69) is 34.2 Å². The maximum atomic E-state index is 13.1. The third kappa shape index (κ3) is 4.15. The van der Waals surface area contributed by atoms with Crippen molar-refractivity contribution in [2.24, 2.45) is 0 Å². The first-order valence-corrected chi connectivity index (χ1v) is 11.5. The van der Waals surface area contributed by atoms with Crippen molar-refractivity contribution < 1.29 is 9.59 Å². The molecule has 0 aliphatic carbocycles. The van der Waals surface area contributed by atoms with Crippen LogP contribution in [0.5, 0.6) is 0 Å². The van der Waals surface area contributed by atoms with E-state index in [0.717, 1.165) is 55.1 Å². The number of hydrogen-bond acceptors (Lipinski definition) is 5. The Morgan fingerprint density at radius 1 is 0.812 bits per heavy atom. The maximum Gasteiger partial charge on any atom is 0.278 e. The van der Waals surface area contributed by atoms with Crippen molar-refractivity contribution in [1.82, 2.24) is 9.80 Å². The smallest absolute Gasteiger partial charge is 0.278 e. The summed E-state index contributed by atoms with van der Waals surface area (Å²) < 4.78 is 0. The summed E-state index contributed by atoms with van der Waals surface area (Å²) in [6, 6.07) is 14.0. The van der Waals surface area contributed by atoms with Crippen LogP contribution in [-0.4, -0.2) is 60.9 Å². The van der Waals surface area contributed by atoms with Gasteiger partial charge < -0.3 is 15.1 Å². The van der Waals surface area contributed by atoms with E-state index in [9.17, 15) is 9.59 Å². The molecule has 0 radical (unpaired) electrons. The molecule has 2 amide bonds. The van der Waals surface area contributed by atoms with E-state index < -0.39 is 0 Å². The van der Waals surface area contributed by atoms with Gasteiger partial charge in [0.25, 0.3) is 11.8 Å². The number of carbonyl (C=O) groups excluding carboxylic acids is 2. The van der Waals surface area contributed by atoms with Gasteiger partial charge in [-0.1, -0.05) is 25.1 Å². The van der Waals surface area contributed by atoms with E-state index in [1.807, 2.05) is 51.1 Å². The fourth-order valence-corrected chi connectivity index (χ4v) is 4.37. The molecule has 1 saturated heterocycles. The number of imide groups is 1. The number of carbonyl (C=O) groups is 2. The lowest BCUT2D eigenvalue weighted by Gasteiger charge is -2.35. The van der Waals surface area contributed by atoms with Crippen LogP contribution in [0.3, 0.4) is 0 Å². The fraction of sp³-hybridized carbons (Fsp3) is 0.385. The van der Waals surface area contributed by atoms with Gasteiger partial charge in [-0.3, -0.25) is 14.5 Å². The van der Waals surface area contributed by atoms with Crippen LogP contribution in [0.25, 0.3) is 5.57 Å². The summed E-state index contributed by atoms with van der Waals surface area (Å²) in [6.45, 7) is 13.7. The number of amides is 2. The van der Waals surface area contributed by atoms with Crippen molar-refractivity contribution in [2.45, 2.75) is 27.7 Å². The van der Waals surface area contributed by atoms with Gasteiger partial charge in [-0.15, -0.1) is 0 Å². The monoisotopic (exact) mass is 432 g/mol. The standard InChI is InChI=1S/C26H32N4O2/c1-5-28-13-15-29(16-14-28)22-11-9-21(10-12-22)27-24-23(25(31)30(6-2)26(24)32)20-8-7-18(3)19(4)17-20/h7-12,17,27H,5-6,13-16H2,1-4H3. The number of benzene rings is 2. The number of rotatable bonds is 6. The largest absolute Gasteiger partial charge is 0.369 e. The predicted molar refractivity (Wildman–Crippen MR) is 130 cm³/mol. The molecule has 1 N–H and O–H groups in total. The quantitative estimate of drug-likeness (QED) is 0.706. The Morgan fingerprint density at radius 2 is 1.50 bits per heavy atom. The Hall–Kier alpha value is -3.12.